The molecule has 2 aromatic rings. The molecule has 138 valence electrons. The number of halogens is 4. The summed E-state index contributed by atoms with van der Waals surface area (Å²) in [6, 6.07) is 2.87. The van der Waals surface area contributed by atoms with Gasteiger partial charge in [0.2, 0.25) is 0 Å². The second kappa shape index (κ2) is 7.27. The Morgan fingerprint density at radius 1 is 1.12 bits per heavy atom. The van der Waals surface area contributed by atoms with Crippen LogP contribution in [0.3, 0.4) is 0 Å². The second-order valence-corrected chi connectivity index (χ2v) is 5.96. The van der Waals surface area contributed by atoms with Crippen LogP contribution in [0.25, 0.3) is 11.3 Å². The molecule has 0 unspecified atom stereocenters. The van der Waals surface area contributed by atoms with Gasteiger partial charge >= 0.3 is 12.2 Å². The average molecular weight is 368 g/mol. The third-order valence-electron chi connectivity index (χ3n) is 4.05. The van der Waals surface area contributed by atoms with Crippen LogP contribution in [-0.4, -0.2) is 34.0 Å². The van der Waals surface area contributed by atoms with E-state index in [4.69, 9.17) is 0 Å². The molecule has 2 amide bonds. The molecule has 0 atom stereocenters. The van der Waals surface area contributed by atoms with Crippen molar-refractivity contribution in [1.29, 1.82) is 0 Å². The fourth-order valence-electron chi connectivity index (χ4n) is 2.78. The van der Waals surface area contributed by atoms with E-state index >= 15 is 0 Å². The van der Waals surface area contributed by atoms with E-state index in [0.29, 0.717) is 13.1 Å². The van der Waals surface area contributed by atoms with Gasteiger partial charge in [-0.2, -0.15) is 13.2 Å². The number of alkyl halides is 3. The van der Waals surface area contributed by atoms with Crippen molar-refractivity contribution in [2.45, 2.75) is 25.4 Å². The first-order valence-corrected chi connectivity index (χ1v) is 8.10. The number of carbonyl (C=O) groups excluding carboxylic acids is 1. The van der Waals surface area contributed by atoms with Crippen molar-refractivity contribution in [1.82, 2.24) is 14.9 Å². The molecule has 0 radical (unpaired) electrons. The monoisotopic (exact) mass is 368 g/mol. The molecule has 1 fully saturated rings. The lowest BCUT2D eigenvalue weighted by Gasteiger charge is -2.27. The maximum atomic E-state index is 13.4. The third-order valence-corrected chi connectivity index (χ3v) is 4.05. The Bertz CT molecular complexity index is 804. The molecule has 0 spiro atoms. The Morgan fingerprint density at radius 3 is 2.50 bits per heavy atom. The van der Waals surface area contributed by atoms with Crippen molar-refractivity contribution in [2.24, 2.45) is 0 Å². The van der Waals surface area contributed by atoms with E-state index in [0.717, 1.165) is 37.6 Å². The van der Waals surface area contributed by atoms with E-state index in [-0.39, 0.29) is 11.3 Å². The number of likely N-dealkylation sites (tertiary alicyclic amines) is 1. The number of aromatic nitrogens is 2. The Kier molecular flexibility index (Phi) is 5.06. The van der Waals surface area contributed by atoms with Crippen LogP contribution in [-0.2, 0) is 6.18 Å². The molecule has 1 N–H and O–H groups in total. The summed E-state index contributed by atoms with van der Waals surface area (Å²) in [5.41, 5.74) is -1.63. The van der Waals surface area contributed by atoms with Gasteiger partial charge in [0.25, 0.3) is 0 Å². The topological polar surface area (TPSA) is 58.1 Å². The van der Waals surface area contributed by atoms with Crippen molar-refractivity contribution in [3.63, 3.8) is 0 Å². The first-order chi connectivity index (χ1) is 12.3. The largest absolute Gasteiger partial charge is 0.435 e. The van der Waals surface area contributed by atoms with Gasteiger partial charge in [0, 0.05) is 24.8 Å². The summed E-state index contributed by atoms with van der Waals surface area (Å²) in [6.45, 7) is 1.02. The van der Waals surface area contributed by atoms with Crippen LogP contribution in [0.2, 0.25) is 0 Å². The summed E-state index contributed by atoms with van der Waals surface area (Å²) in [5, 5.41) is 2.29. The van der Waals surface area contributed by atoms with Gasteiger partial charge in [0.15, 0.2) is 5.69 Å². The van der Waals surface area contributed by atoms with Gasteiger partial charge in [-0.15, -0.1) is 0 Å². The Hall–Kier alpha value is -2.71. The zero-order valence-electron chi connectivity index (χ0n) is 13.7. The fourth-order valence-corrected chi connectivity index (χ4v) is 2.78. The van der Waals surface area contributed by atoms with Gasteiger partial charge < -0.3 is 10.2 Å². The first kappa shape index (κ1) is 18.1. The molecule has 0 aliphatic carbocycles. The molecule has 0 saturated carbocycles. The quantitative estimate of drug-likeness (QED) is 0.804. The van der Waals surface area contributed by atoms with Crippen LogP contribution in [0.1, 0.15) is 25.0 Å². The lowest BCUT2D eigenvalue weighted by Crippen LogP contribution is -2.39. The number of anilines is 1. The molecule has 0 bridgehead atoms. The normalized spacial score (nSPS) is 15.0. The van der Waals surface area contributed by atoms with Crippen molar-refractivity contribution < 1.29 is 22.4 Å². The third kappa shape index (κ3) is 4.09. The van der Waals surface area contributed by atoms with Crippen LogP contribution in [0, 0.1) is 5.82 Å². The molecule has 1 saturated heterocycles. The van der Waals surface area contributed by atoms with E-state index in [1.54, 1.807) is 0 Å². The number of urea groups is 1. The average Bonchev–Trinajstić information content (AvgIpc) is 2.62. The maximum absolute atomic E-state index is 13.4. The second-order valence-electron chi connectivity index (χ2n) is 5.96. The molecular formula is C17H16F4N4O. The number of nitrogens with zero attached hydrogens (tertiary/aromatic N) is 3. The number of nitrogens with one attached hydrogen (secondary N) is 1. The smallest absolute Gasteiger partial charge is 0.325 e. The number of rotatable bonds is 2. The Morgan fingerprint density at radius 2 is 1.85 bits per heavy atom. The molecule has 1 aliphatic rings. The van der Waals surface area contributed by atoms with Crippen LogP contribution in [0.15, 0.2) is 30.6 Å². The Balaban J connectivity index is 1.91. The zero-order chi connectivity index (χ0) is 18.7. The highest BCUT2D eigenvalue weighted by atomic mass is 19.4. The van der Waals surface area contributed by atoms with Crippen molar-refractivity contribution >= 4 is 11.7 Å². The number of pyridine rings is 2. The highest BCUT2D eigenvalue weighted by molar-refractivity contribution is 5.90. The van der Waals surface area contributed by atoms with Crippen LogP contribution in [0.5, 0.6) is 0 Å². The van der Waals surface area contributed by atoms with Crippen molar-refractivity contribution in [3.05, 3.63) is 42.1 Å². The number of carbonyl (C=O) groups is 1. The molecule has 1 aliphatic heterocycles. The predicted molar refractivity (Wildman–Crippen MR) is 86.9 cm³/mol. The highest BCUT2D eigenvalue weighted by Crippen LogP contribution is 2.35. The maximum Gasteiger partial charge on any atom is 0.435 e. The molecule has 3 rings (SSSR count). The predicted octanol–water partition coefficient (Wildman–Crippen LogP) is 4.32. The summed E-state index contributed by atoms with van der Waals surface area (Å²) in [5.74, 6) is -0.680. The first-order valence-electron chi connectivity index (χ1n) is 8.10. The van der Waals surface area contributed by atoms with Crippen molar-refractivity contribution in [2.75, 3.05) is 18.4 Å². The van der Waals surface area contributed by atoms with Gasteiger partial charge in [0.1, 0.15) is 5.82 Å². The summed E-state index contributed by atoms with van der Waals surface area (Å²) in [4.78, 5) is 20.9. The summed E-state index contributed by atoms with van der Waals surface area (Å²) >= 11 is 0. The zero-order valence-corrected chi connectivity index (χ0v) is 13.7. The van der Waals surface area contributed by atoms with E-state index in [1.165, 1.54) is 17.2 Å². The molecule has 26 heavy (non-hydrogen) atoms. The minimum absolute atomic E-state index is 0.0831. The van der Waals surface area contributed by atoms with Crippen molar-refractivity contribution in [3.8, 4) is 11.3 Å². The number of amides is 2. The van der Waals surface area contributed by atoms with Crippen LogP contribution >= 0.6 is 0 Å². The van der Waals surface area contributed by atoms with Gasteiger partial charge in [-0.05, 0) is 37.5 Å². The van der Waals surface area contributed by atoms with Gasteiger partial charge in [-0.3, -0.25) is 4.98 Å². The summed E-state index contributed by atoms with van der Waals surface area (Å²) in [7, 11) is 0. The van der Waals surface area contributed by atoms with E-state index < -0.39 is 29.4 Å². The number of piperidine rings is 1. The van der Waals surface area contributed by atoms with E-state index in [9.17, 15) is 22.4 Å². The number of hydrogen-bond donors (Lipinski definition) is 1. The lowest BCUT2D eigenvalue weighted by atomic mass is 10.1. The SMILES string of the molecule is O=C(Nc1ccc(-c2cncc(F)c2)nc1C(F)(F)F)N1CCCCC1. The minimum Gasteiger partial charge on any atom is -0.325 e. The minimum atomic E-state index is -4.78. The highest BCUT2D eigenvalue weighted by Gasteiger charge is 2.37. The lowest BCUT2D eigenvalue weighted by molar-refractivity contribution is -0.140. The Labute approximate surface area is 147 Å². The molecule has 2 aromatic heterocycles. The fraction of sp³-hybridized carbons (Fsp3) is 0.353. The molecule has 5 nitrogen and oxygen atoms in total. The van der Waals surface area contributed by atoms with Crippen LogP contribution in [0.4, 0.5) is 28.0 Å². The van der Waals surface area contributed by atoms with Gasteiger partial charge in [-0.25, -0.2) is 14.2 Å². The summed E-state index contributed by atoms with van der Waals surface area (Å²) in [6.07, 6.45) is 0.0301. The molecule has 0 aromatic carbocycles. The molecular weight excluding hydrogens is 352 g/mol. The standard InChI is InChI=1S/C17H16F4N4O/c18-12-8-11(9-22-10-12)13-4-5-14(15(23-13)17(19,20)21)24-16(26)25-6-2-1-3-7-25/h4-5,8-10H,1-3,6-7H2,(H,24,26). The van der Waals surface area contributed by atoms with Crippen LogP contribution < -0.4 is 5.32 Å². The number of hydrogen-bond acceptors (Lipinski definition) is 3. The van der Waals surface area contributed by atoms with E-state index in [2.05, 4.69) is 15.3 Å². The summed E-state index contributed by atoms with van der Waals surface area (Å²) < 4.78 is 53.5. The molecule has 9 heteroatoms. The van der Waals surface area contributed by atoms with E-state index in [1.807, 2.05) is 0 Å². The van der Waals surface area contributed by atoms with Gasteiger partial charge in [0.05, 0.1) is 17.6 Å². The molecule has 3 heterocycles. The van der Waals surface area contributed by atoms with Gasteiger partial charge in [-0.1, -0.05) is 0 Å².